The molecule has 7 nitrogen and oxygen atoms in total. The molecular weight excluding hydrogens is 328 g/mol. The van der Waals surface area contributed by atoms with Gasteiger partial charge in [0, 0.05) is 45.0 Å². The summed E-state index contributed by atoms with van der Waals surface area (Å²) in [5.74, 6) is 1.09. The van der Waals surface area contributed by atoms with Crippen molar-refractivity contribution in [3.63, 3.8) is 0 Å². The minimum atomic E-state index is 0.159. The number of aromatic nitrogens is 1. The number of guanidine groups is 1. The molecule has 26 heavy (non-hydrogen) atoms. The zero-order valence-corrected chi connectivity index (χ0v) is 15.9. The van der Waals surface area contributed by atoms with E-state index in [-0.39, 0.29) is 5.91 Å². The van der Waals surface area contributed by atoms with Gasteiger partial charge in [-0.3, -0.25) is 14.7 Å². The van der Waals surface area contributed by atoms with E-state index in [9.17, 15) is 4.79 Å². The summed E-state index contributed by atoms with van der Waals surface area (Å²) in [6.45, 7) is 9.59. The summed E-state index contributed by atoms with van der Waals surface area (Å²) in [6.07, 6.45) is 4.09. The lowest BCUT2D eigenvalue weighted by Gasteiger charge is -2.36. The van der Waals surface area contributed by atoms with Crippen molar-refractivity contribution in [2.45, 2.75) is 39.3 Å². The molecule has 1 saturated carbocycles. The van der Waals surface area contributed by atoms with Crippen molar-refractivity contribution >= 4 is 11.9 Å². The fourth-order valence-electron chi connectivity index (χ4n) is 3.08. The van der Waals surface area contributed by atoms with E-state index in [1.165, 1.54) is 5.56 Å². The van der Waals surface area contributed by atoms with Crippen LogP contribution in [0.15, 0.2) is 23.3 Å². The molecule has 0 bridgehead atoms. The van der Waals surface area contributed by atoms with Crippen LogP contribution in [0.25, 0.3) is 0 Å². The molecule has 1 saturated heterocycles. The van der Waals surface area contributed by atoms with Crippen molar-refractivity contribution in [1.82, 2.24) is 25.4 Å². The van der Waals surface area contributed by atoms with Crippen molar-refractivity contribution in [3.8, 4) is 0 Å². The van der Waals surface area contributed by atoms with E-state index < -0.39 is 0 Å². The number of carbonyl (C=O) groups is 1. The lowest BCUT2D eigenvalue weighted by molar-refractivity contribution is -0.122. The molecule has 2 heterocycles. The first-order valence-electron chi connectivity index (χ1n) is 9.61. The summed E-state index contributed by atoms with van der Waals surface area (Å²) < 4.78 is 0. The maximum Gasteiger partial charge on any atom is 0.234 e. The maximum atomic E-state index is 12.0. The number of amides is 1. The Bertz CT molecular complexity index is 635. The summed E-state index contributed by atoms with van der Waals surface area (Å²) in [4.78, 5) is 25.7. The summed E-state index contributed by atoms with van der Waals surface area (Å²) in [7, 11) is 0. The third-order valence-electron chi connectivity index (χ3n) is 4.81. The molecule has 0 aromatic carbocycles. The lowest BCUT2D eigenvalue weighted by Crippen LogP contribution is -2.54. The normalized spacial score (nSPS) is 18.7. The van der Waals surface area contributed by atoms with Gasteiger partial charge in [0.2, 0.25) is 5.91 Å². The third-order valence-corrected chi connectivity index (χ3v) is 4.81. The van der Waals surface area contributed by atoms with Crippen LogP contribution in [0.4, 0.5) is 0 Å². The Morgan fingerprint density at radius 2 is 2.08 bits per heavy atom. The van der Waals surface area contributed by atoms with Gasteiger partial charge in [-0.05, 0) is 38.3 Å². The zero-order valence-electron chi connectivity index (χ0n) is 15.9. The van der Waals surface area contributed by atoms with Gasteiger partial charge in [0.15, 0.2) is 5.96 Å². The highest BCUT2D eigenvalue weighted by Gasteiger charge is 2.25. The lowest BCUT2D eigenvalue weighted by atomic mass is 10.2. The second kappa shape index (κ2) is 8.98. The number of aryl methyl sites for hydroxylation is 1. The van der Waals surface area contributed by atoms with E-state index in [0.717, 1.165) is 57.2 Å². The average molecular weight is 358 g/mol. The van der Waals surface area contributed by atoms with Gasteiger partial charge < -0.3 is 15.5 Å². The van der Waals surface area contributed by atoms with Crippen molar-refractivity contribution in [1.29, 1.82) is 0 Å². The average Bonchev–Trinajstić information content (AvgIpc) is 3.44. The Morgan fingerprint density at radius 1 is 1.31 bits per heavy atom. The fraction of sp³-hybridized carbons (Fsp3) is 0.632. The maximum absolute atomic E-state index is 12.0. The first-order chi connectivity index (χ1) is 12.7. The molecule has 0 spiro atoms. The van der Waals surface area contributed by atoms with Crippen LogP contribution in [0, 0.1) is 6.92 Å². The SMILES string of the molecule is CCNC(=NCc1ncccc1C)N1CCN(CC(=O)NC2CC2)CC1. The standard InChI is InChI=1S/C19H30N6O/c1-3-20-19(22-13-17-15(2)5-4-8-21-17)25-11-9-24(10-12-25)14-18(26)23-16-6-7-16/h4-5,8,16H,3,6-7,9-14H2,1-2H3,(H,20,22)(H,23,26). The van der Waals surface area contributed by atoms with Gasteiger partial charge in [-0.25, -0.2) is 4.99 Å². The number of aliphatic imine (C=N–C) groups is 1. The number of piperazine rings is 1. The van der Waals surface area contributed by atoms with Crippen molar-refractivity contribution < 1.29 is 4.79 Å². The van der Waals surface area contributed by atoms with Crippen LogP contribution < -0.4 is 10.6 Å². The molecule has 2 N–H and O–H groups in total. The van der Waals surface area contributed by atoms with E-state index in [0.29, 0.717) is 19.1 Å². The molecule has 1 aromatic rings. The number of hydrogen-bond donors (Lipinski definition) is 2. The molecule has 0 atom stereocenters. The van der Waals surface area contributed by atoms with Gasteiger partial charge in [0.1, 0.15) is 0 Å². The van der Waals surface area contributed by atoms with Crippen LogP contribution in [0.3, 0.4) is 0 Å². The van der Waals surface area contributed by atoms with Crippen LogP contribution in [0.2, 0.25) is 0 Å². The largest absolute Gasteiger partial charge is 0.357 e. The van der Waals surface area contributed by atoms with E-state index >= 15 is 0 Å². The van der Waals surface area contributed by atoms with E-state index in [2.05, 4.69) is 45.3 Å². The predicted molar refractivity (Wildman–Crippen MR) is 103 cm³/mol. The van der Waals surface area contributed by atoms with Gasteiger partial charge >= 0.3 is 0 Å². The molecule has 142 valence electrons. The van der Waals surface area contributed by atoms with Gasteiger partial charge in [0.25, 0.3) is 0 Å². The van der Waals surface area contributed by atoms with E-state index in [1.54, 1.807) is 0 Å². The first-order valence-corrected chi connectivity index (χ1v) is 9.61. The van der Waals surface area contributed by atoms with Gasteiger partial charge in [-0.1, -0.05) is 6.07 Å². The van der Waals surface area contributed by atoms with E-state index in [1.807, 2.05) is 12.3 Å². The Balaban J connectivity index is 1.51. The van der Waals surface area contributed by atoms with Crippen LogP contribution in [0.1, 0.15) is 31.0 Å². The Kier molecular flexibility index (Phi) is 6.44. The number of carbonyl (C=O) groups excluding carboxylic acids is 1. The van der Waals surface area contributed by atoms with Gasteiger partial charge in [-0.15, -0.1) is 0 Å². The topological polar surface area (TPSA) is 72.9 Å². The molecular formula is C19H30N6O. The molecule has 2 fully saturated rings. The summed E-state index contributed by atoms with van der Waals surface area (Å²) in [6, 6.07) is 4.45. The van der Waals surface area contributed by atoms with Crippen LogP contribution >= 0.6 is 0 Å². The van der Waals surface area contributed by atoms with E-state index in [4.69, 9.17) is 4.99 Å². The monoisotopic (exact) mass is 358 g/mol. The number of hydrogen-bond acceptors (Lipinski definition) is 4. The number of rotatable bonds is 6. The summed E-state index contributed by atoms with van der Waals surface area (Å²) in [5, 5.41) is 6.44. The molecule has 1 aliphatic carbocycles. The minimum Gasteiger partial charge on any atom is -0.357 e. The molecule has 3 rings (SSSR count). The molecule has 0 unspecified atom stereocenters. The molecule has 1 aliphatic heterocycles. The van der Waals surface area contributed by atoms with Crippen LogP contribution in [-0.2, 0) is 11.3 Å². The summed E-state index contributed by atoms with van der Waals surface area (Å²) in [5.41, 5.74) is 2.18. The molecule has 7 heteroatoms. The number of nitrogens with zero attached hydrogens (tertiary/aromatic N) is 4. The van der Waals surface area contributed by atoms with Gasteiger partial charge in [0.05, 0.1) is 18.8 Å². The second-order valence-electron chi connectivity index (χ2n) is 7.04. The molecule has 1 amide bonds. The smallest absolute Gasteiger partial charge is 0.234 e. The minimum absolute atomic E-state index is 0.159. The molecule has 0 radical (unpaired) electrons. The van der Waals surface area contributed by atoms with Crippen molar-refractivity contribution in [3.05, 3.63) is 29.6 Å². The molecule has 1 aromatic heterocycles. The summed E-state index contributed by atoms with van der Waals surface area (Å²) >= 11 is 0. The number of nitrogens with one attached hydrogen (secondary N) is 2. The molecule has 2 aliphatic rings. The highest BCUT2D eigenvalue weighted by atomic mass is 16.2. The number of pyridine rings is 1. The highest BCUT2D eigenvalue weighted by molar-refractivity contribution is 5.80. The van der Waals surface area contributed by atoms with Crippen LogP contribution in [-0.4, -0.2) is 72.0 Å². The van der Waals surface area contributed by atoms with Crippen molar-refractivity contribution in [2.75, 3.05) is 39.3 Å². The Morgan fingerprint density at radius 3 is 2.73 bits per heavy atom. The third kappa shape index (κ3) is 5.42. The first kappa shape index (κ1) is 18.6. The second-order valence-corrected chi connectivity index (χ2v) is 7.04. The Labute approximate surface area is 155 Å². The highest BCUT2D eigenvalue weighted by Crippen LogP contribution is 2.18. The van der Waals surface area contributed by atoms with Crippen LogP contribution in [0.5, 0.6) is 0 Å². The zero-order chi connectivity index (χ0) is 18.4. The quantitative estimate of drug-likeness (QED) is 0.580. The van der Waals surface area contributed by atoms with Crippen molar-refractivity contribution in [2.24, 2.45) is 4.99 Å². The predicted octanol–water partition coefficient (Wildman–Crippen LogP) is 0.752. The Hall–Kier alpha value is -2.15. The fourth-order valence-corrected chi connectivity index (χ4v) is 3.08. The van der Waals surface area contributed by atoms with Gasteiger partial charge in [-0.2, -0.15) is 0 Å².